The maximum Gasteiger partial charge on any atom is 0.307 e. The number of carbonyl (C=O) groups is 2. The Morgan fingerprint density at radius 1 is 0.933 bits per heavy atom. The van der Waals surface area contributed by atoms with Gasteiger partial charge < -0.3 is 10.2 Å². The number of hydrogen-bond acceptors (Lipinski definition) is 2. The number of carboxylic acid groups (broad SMARTS) is 2. The third kappa shape index (κ3) is 1.43. The first kappa shape index (κ1) is 10.5. The normalized spacial score (nSPS) is 33.3. The van der Waals surface area contributed by atoms with E-state index >= 15 is 0 Å². The molecule has 2 aliphatic rings. The zero-order valence-corrected chi connectivity index (χ0v) is 8.61. The van der Waals surface area contributed by atoms with Gasteiger partial charge in [0.15, 0.2) is 0 Å². The van der Waals surface area contributed by atoms with Crippen LogP contribution in [0.4, 0.5) is 0 Å². The van der Waals surface area contributed by atoms with Gasteiger partial charge in [0.25, 0.3) is 0 Å². The van der Waals surface area contributed by atoms with Crippen molar-refractivity contribution in [2.75, 3.05) is 0 Å². The van der Waals surface area contributed by atoms with Crippen molar-refractivity contribution in [1.29, 1.82) is 0 Å². The van der Waals surface area contributed by atoms with Crippen LogP contribution >= 0.6 is 0 Å². The monoisotopic (exact) mass is 212 g/mol. The lowest BCUT2D eigenvalue weighted by molar-refractivity contribution is -0.152. The summed E-state index contributed by atoms with van der Waals surface area (Å²) in [6.45, 7) is 0. The second kappa shape index (κ2) is 3.51. The molecule has 15 heavy (non-hydrogen) atoms. The smallest absolute Gasteiger partial charge is 0.307 e. The third-order valence-electron chi connectivity index (χ3n) is 4.25. The van der Waals surface area contributed by atoms with Crippen molar-refractivity contribution in [1.82, 2.24) is 0 Å². The molecule has 0 unspecified atom stereocenters. The van der Waals surface area contributed by atoms with Crippen LogP contribution in [-0.4, -0.2) is 22.2 Å². The molecule has 2 fully saturated rings. The molecule has 0 aromatic heterocycles. The third-order valence-corrected chi connectivity index (χ3v) is 4.25. The Balaban J connectivity index is 2.30. The molecule has 2 atom stereocenters. The Morgan fingerprint density at radius 2 is 1.33 bits per heavy atom. The van der Waals surface area contributed by atoms with Gasteiger partial charge in [0.2, 0.25) is 0 Å². The minimum atomic E-state index is -0.805. The summed E-state index contributed by atoms with van der Waals surface area (Å²) in [6, 6.07) is 0. The lowest BCUT2D eigenvalue weighted by atomic mass is 9.70. The first-order valence-electron chi connectivity index (χ1n) is 5.53. The molecular weight excluding hydrogens is 196 g/mol. The summed E-state index contributed by atoms with van der Waals surface area (Å²) in [5.41, 5.74) is -0.433. The predicted molar refractivity (Wildman–Crippen MR) is 52.4 cm³/mol. The Labute approximate surface area is 88.3 Å². The first-order chi connectivity index (χ1) is 7.08. The topological polar surface area (TPSA) is 74.6 Å². The van der Waals surface area contributed by atoms with Crippen LogP contribution in [-0.2, 0) is 9.59 Å². The quantitative estimate of drug-likeness (QED) is 0.731. The van der Waals surface area contributed by atoms with E-state index in [-0.39, 0.29) is 0 Å². The molecule has 4 nitrogen and oxygen atoms in total. The van der Waals surface area contributed by atoms with Gasteiger partial charge in [-0.25, -0.2) is 0 Å². The number of carboxylic acids is 2. The second-order valence-electron chi connectivity index (χ2n) is 4.80. The van der Waals surface area contributed by atoms with Gasteiger partial charge in [-0.15, -0.1) is 0 Å². The fraction of sp³-hybridized carbons (Fsp3) is 0.818. The molecule has 0 amide bonds. The van der Waals surface area contributed by atoms with E-state index in [4.69, 9.17) is 10.2 Å². The van der Waals surface area contributed by atoms with Gasteiger partial charge >= 0.3 is 11.9 Å². The van der Waals surface area contributed by atoms with Gasteiger partial charge in [-0.2, -0.15) is 0 Å². The minimum absolute atomic E-state index is 0.430. The molecule has 4 heteroatoms. The number of aliphatic carboxylic acids is 2. The fourth-order valence-electron chi connectivity index (χ4n) is 3.65. The average molecular weight is 212 g/mol. The summed E-state index contributed by atoms with van der Waals surface area (Å²) in [5, 5.41) is 18.3. The largest absolute Gasteiger partial charge is 0.481 e. The summed E-state index contributed by atoms with van der Waals surface area (Å²) in [5.74, 6) is -2.47. The summed E-state index contributed by atoms with van der Waals surface area (Å²) in [4.78, 5) is 22.3. The van der Waals surface area contributed by atoms with Crippen LogP contribution in [0.3, 0.4) is 0 Å². The summed E-state index contributed by atoms with van der Waals surface area (Å²) in [7, 11) is 0. The van der Waals surface area contributed by atoms with Crippen LogP contribution in [0.5, 0.6) is 0 Å². The molecule has 0 heterocycles. The average Bonchev–Trinajstić information content (AvgIpc) is 2.74. The van der Waals surface area contributed by atoms with Crippen LogP contribution in [0.15, 0.2) is 0 Å². The number of hydrogen-bond donors (Lipinski definition) is 2. The van der Waals surface area contributed by atoms with E-state index in [2.05, 4.69) is 0 Å². The van der Waals surface area contributed by atoms with Crippen LogP contribution in [0.2, 0.25) is 0 Å². The SMILES string of the molecule is O=C(O)[C@H]1CCCC12CCC[C@@H]2C(=O)O. The van der Waals surface area contributed by atoms with Crippen molar-refractivity contribution in [3.8, 4) is 0 Å². The summed E-state index contributed by atoms with van der Waals surface area (Å²) >= 11 is 0. The van der Waals surface area contributed by atoms with E-state index < -0.39 is 29.2 Å². The summed E-state index contributed by atoms with van der Waals surface area (Å²) in [6.07, 6.45) is 4.58. The lowest BCUT2D eigenvalue weighted by Gasteiger charge is -2.32. The van der Waals surface area contributed by atoms with E-state index in [9.17, 15) is 9.59 Å². The van der Waals surface area contributed by atoms with Crippen molar-refractivity contribution in [3.63, 3.8) is 0 Å². The highest BCUT2D eigenvalue weighted by molar-refractivity contribution is 5.76. The lowest BCUT2D eigenvalue weighted by Crippen LogP contribution is -2.38. The first-order valence-corrected chi connectivity index (χ1v) is 5.53. The second-order valence-corrected chi connectivity index (χ2v) is 4.80. The van der Waals surface area contributed by atoms with Crippen molar-refractivity contribution >= 4 is 11.9 Å². The molecule has 0 aromatic carbocycles. The Morgan fingerprint density at radius 3 is 1.67 bits per heavy atom. The summed E-state index contributed by atoms with van der Waals surface area (Å²) < 4.78 is 0. The van der Waals surface area contributed by atoms with E-state index in [0.29, 0.717) is 12.8 Å². The van der Waals surface area contributed by atoms with Crippen molar-refractivity contribution in [2.24, 2.45) is 17.3 Å². The van der Waals surface area contributed by atoms with E-state index in [1.54, 1.807) is 0 Å². The predicted octanol–water partition coefficient (Wildman–Crippen LogP) is 1.74. The molecule has 1 spiro atoms. The molecule has 2 N–H and O–H groups in total. The molecule has 0 saturated heterocycles. The molecule has 2 saturated carbocycles. The van der Waals surface area contributed by atoms with Crippen LogP contribution in [0.25, 0.3) is 0 Å². The highest BCUT2D eigenvalue weighted by Crippen LogP contribution is 2.57. The molecule has 0 aromatic rings. The number of rotatable bonds is 2. The molecule has 0 aliphatic heterocycles. The Kier molecular flexibility index (Phi) is 2.44. The maximum absolute atomic E-state index is 11.1. The zero-order valence-electron chi connectivity index (χ0n) is 8.61. The molecule has 0 radical (unpaired) electrons. The van der Waals surface area contributed by atoms with E-state index in [0.717, 1.165) is 25.7 Å². The van der Waals surface area contributed by atoms with Gasteiger partial charge in [0, 0.05) is 0 Å². The fourth-order valence-corrected chi connectivity index (χ4v) is 3.65. The van der Waals surface area contributed by atoms with Crippen LogP contribution in [0.1, 0.15) is 38.5 Å². The van der Waals surface area contributed by atoms with Crippen LogP contribution in [0, 0.1) is 17.3 Å². The van der Waals surface area contributed by atoms with Gasteiger partial charge in [-0.1, -0.05) is 12.8 Å². The molecule has 2 aliphatic carbocycles. The van der Waals surface area contributed by atoms with Gasteiger partial charge in [0.05, 0.1) is 11.8 Å². The highest BCUT2D eigenvalue weighted by Gasteiger charge is 2.56. The molecule has 2 rings (SSSR count). The molecular formula is C11H16O4. The highest BCUT2D eigenvalue weighted by atomic mass is 16.4. The molecule has 84 valence electrons. The maximum atomic E-state index is 11.1. The van der Waals surface area contributed by atoms with Gasteiger partial charge in [-0.05, 0) is 31.1 Å². The van der Waals surface area contributed by atoms with Gasteiger partial charge in [-0.3, -0.25) is 9.59 Å². The van der Waals surface area contributed by atoms with E-state index in [1.165, 1.54) is 0 Å². The Bertz CT molecular complexity index is 267. The molecule has 0 bridgehead atoms. The van der Waals surface area contributed by atoms with Gasteiger partial charge in [0.1, 0.15) is 0 Å². The van der Waals surface area contributed by atoms with Crippen molar-refractivity contribution < 1.29 is 19.8 Å². The Hall–Kier alpha value is -1.06. The van der Waals surface area contributed by atoms with E-state index in [1.807, 2.05) is 0 Å². The van der Waals surface area contributed by atoms with Crippen LogP contribution < -0.4 is 0 Å². The van der Waals surface area contributed by atoms with Crippen molar-refractivity contribution in [3.05, 3.63) is 0 Å². The minimum Gasteiger partial charge on any atom is -0.481 e. The zero-order chi connectivity index (χ0) is 11.1. The standard InChI is InChI=1S/C11H16O4/c12-9(13)7-3-1-5-11(7)6-2-4-8(11)10(14)15/h7-8H,1-6H2,(H,12,13)(H,14,15)/t7-,8-,11?/m1/s1. The van der Waals surface area contributed by atoms with Crippen molar-refractivity contribution in [2.45, 2.75) is 38.5 Å².